The number of carbonyl (C=O) groups is 1. The number of thioether (sulfide) groups is 1. The molecule has 2 aromatic rings. The summed E-state index contributed by atoms with van der Waals surface area (Å²) in [6.45, 7) is 2.02. The Morgan fingerprint density at radius 3 is 2.47 bits per heavy atom. The van der Waals surface area contributed by atoms with E-state index in [1.54, 1.807) is 14.2 Å². The van der Waals surface area contributed by atoms with Crippen LogP contribution in [-0.2, 0) is 4.79 Å². The Kier molecular flexibility index (Phi) is 6.34. The van der Waals surface area contributed by atoms with Gasteiger partial charge in [-0.25, -0.2) is 4.99 Å². The van der Waals surface area contributed by atoms with Crippen LogP contribution in [0.1, 0.15) is 18.4 Å². The van der Waals surface area contributed by atoms with E-state index in [1.807, 2.05) is 42.5 Å². The fourth-order valence-electron chi connectivity index (χ4n) is 3.48. The van der Waals surface area contributed by atoms with Crippen LogP contribution in [0, 0.1) is 0 Å². The van der Waals surface area contributed by atoms with Crippen LogP contribution in [0.15, 0.2) is 50.8 Å². The van der Waals surface area contributed by atoms with Crippen molar-refractivity contribution in [1.82, 2.24) is 5.32 Å². The van der Waals surface area contributed by atoms with E-state index < -0.39 is 0 Å². The van der Waals surface area contributed by atoms with Crippen molar-refractivity contribution >= 4 is 56.2 Å². The Morgan fingerprint density at radius 2 is 1.80 bits per heavy atom. The molecule has 2 aliphatic heterocycles. The third kappa shape index (κ3) is 4.49. The number of halogens is 1. The van der Waals surface area contributed by atoms with Crippen LogP contribution in [0.5, 0.6) is 11.5 Å². The molecule has 0 saturated carbocycles. The highest BCUT2D eigenvalue weighted by Gasteiger charge is 2.25. The molecule has 6 nitrogen and oxygen atoms in total. The lowest BCUT2D eigenvalue weighted by Gasteiger charge is -2.22. The molecule has 2 aliphatic rings. The van der Waals surface area contributed by atoms with Gasteiger partial charge in [-0.05, 0) is 61.0 Å². The van der Waals surface area contributed by atoms with Crippen molar-refractivity contribution < 1.29 is 14.3 Å². The molecule has 0 spiro atoms. The van der Waals surface area contributed by atoms with E-state index in [2.05, 4.69) is 31.1 Å². The van der Waals surface area contributed by atoms with Gasteiger partial charge in [0, 0.05) is 29.2 Å². The number of hydrogen-bond acceptors (Lipinski definition) is 6. The first-order valence-electron chi connectivity index (χ1n) is 9.63. The van der Waals surface area contributed by atoms with E-state index in [0.717, 1.165) is 40.2 Å². The SMILES string of the molecule is COc1cc(N2CCCC2)c(OC)cc1/C=C1\SC(=Nc2ccc(Br)cc2)NC1=O. The van der Waals surface area contributed by atoms with Crippen molar-refractivity contribution in [2.75, 3.05) is 32.2 Å². The molecule has 1 N–H and O–H groups in total. The maximum absolute atomic E-state index is 12.5. The zero-order chi connectivity index (χ0) is 21.1. The summed E-state index contributed by atoms with van der Waals surface area (Å²) in [5, 5.41) is 3.37. The maximum Gasteiger partial charge on any atom is 0.264 e. The largest absolute Gasteiger partial charge is 0.496 e. The number of anilines is 1. The van der Waals surface area contributed by atoms with Crippen molar-refractivity contribution in [1.29, 1.82) is 0 Å². The minimum atomic E-state index is -0.180. The second-order valence-electron chi connectivity index (χ2n) is 6.92. The van der Waals surface area contributed by atoms with Gasteiger partial charge in [0.2, 0.25) is 0 Å². The number of nitrogens with one attached hydrogen (secondary N) is 1. The van der Waals surface area contributed by atoms with Crippen LogP contribution < -0.4 is 19.7 Å². The molecule has 1 amide bonds. The summed E-state index contributed by atoms with van der Waals surface area (Å²) in [5.74, 6) is 1.30. The molecule has 0 radical (unpaired) electrons. The number of carbonyl (C=O) groups excluding carboxylic acids is 1. The molecule has 0 bridgehead atoms. The van der Waals surface area contributed by atoms with Crippen molar-refractivity contribution in [3.8, 4) is 11.5 Å². The first-order valence-corrected chi connectivity index (χ1v) is 11.2. The smallest absolute Gasteiger partial charge is 0.264 e. The van der Waals surface area contributed by atoms with Gasteiger partial charge in [-0.15, -0.1) is 0 Å². The van der Waals surface area contributed by atoms with Crippen LogP contribution in [0.3, 0.4) is 0 Å². The van der Waals surface area contributed by atoms with Gasteiger partial charge in [0.25, 0.3) is 5.91 Å². The molecule has 8 heteroatoms. The van der Waals surface area contributed by atoms with Crippen molar-refractivity contribution in [3.63, 3.8) is 0 Å². The molecule has 30 heavy (non-hydrogen) atoms. The number of ether oxygens (including phenoxy) is 2. The molecule has 2 heterocycles. The van der Waals surface area contributed by atoms with Crippen LogP contribution in [0.25, 0.3) is 6.08 Å². The fraction of sp³-hybridized carbons (Fsp3) is 0.273. The van der Waals surface area contributed by atoms with E-state index in [-0.39, 0.29) is 5.91 Å². The van der Waals surface area contributed by atoms with E-state index in [0.29, 0.717) is 15.8 Å². The normalized spacial score (nSPS) is 18.9. The van der Waals surface area contributed by atoms with Crippen LogP contribution in [0.2, 0.25) is 0 Å². The lowest BCUT2D eigenvalue weighted by atomic mass is 10.1. The second kappa shape index (κ2) is 9.14. The third-order valence-electron chi connectivity index (χ3n) is 4.97. The fourth-order valence-corrected chi connectivity index (χ4v) is 4.57. The van der Waals surface area contributed by atoms with Gasteiger partial charge in [0.15, 0.2) is 5.17 Å². The number of nitrogens with zero attached hydrogens (tertiary/aromatic N) is 2. The van der Waals surface area contributed by atoms with E-state index in [9.17, 15) is 4.79 Å². The number of benzene rings is 2. The molecule has 0 aromatic heterocycles. The van der Waals surface area contributed by atoms with Gasteiger partial charge in [0.05, 0.1) is 30.5 Å². The molecule has 2 aromatic carbocycles. The number of amides is 1. The average molecular weight is 488 g/mol. The second-order valence-corrected chi connectivity index (χ2v) is 8.86. The zero-order valence-corrected chi connectivity index (χ0v) is 19.2. The topological polar surface area (TPSA) is 63.2 Å². The maximum atomic E-state index is 12.5. The van der Waals surface area contributed by atoms with Crippen LogP contribution in [-0.4, -0.2) is 38.4 Å². The molecule has 156 valence electrons. The van der Waals surface area contributed by atoms with Gasteiger partial charge >= 0.3 is 0 Å². The lowest BCUT2D eigenvalue weighted by molar-refractivity contribution is -0.115. The highest BCUT2D eigenvalue weighted by atomic mass is 79.9. The van der Waals surface area contributed by atoms with Crippen molar-refractivity contribution in [2.24, 2.45) is 4.99 Å². The number of amidine groups is 1. The Balaban J connectivity index is 1.63. The predicted molar refractivity (Wildman–Crippen MR) is 126 cm³/mol. The summed E-state index contributed by atoms with van der Waals surface area (Å²) >= 11 is 4.72. The Hall–Kier alpha value is -2.45. The van der Waals surface area contributed by atoms with Crippen molar-refractivity contribution in [3.05, 3.63) is 51.3 Å². The van der Waals surface area contributed by atoms with Crippen LogP contribution >= 0.6 is 27.7 Å². The first-order chi connectivity index (χ1) is 14.6. The predicted octanol–water partition coefficient (Wildman–Crippen LogP) is 4.96. The summed E-state index contributed by atoms with van der Waals surface area (Å²) in [4.78, 5) is 19.9. The molecule has 2 fully saturated rings. The zero-order valence-electron chi connectivity index (χ0n) is 16.8. The first kappa shape index (κ1) is 20.8. The monoisotopic (exact) mass is 487 g/mol. The van der Waals surface area contributed by atoms with Gasteiger partial charge in [0.1, 0.15) is 11.5 Å². The Bertz CT molecular complexity index is 1020. The van der Waals surface area contributed by atoms with Gasteiger partial charge in [-0.3, -0.25) is 4.79 Å². The van der Waals surface area contributed by atoms with Gasteiger partial charge in [-0.2, -0.15) is 0 Å². The minimum absolute atomic E-state index is 0.180. The standard InChI is InChI=1S/C22H22BrN3O3S/c1-28-18-13-17(26-9-3-4-10-26)19(29-2)11-14(18)12-20-21(27)25-22(30-20)24-16-7-5-15(23)6-8-16/h5-8,11-13H,3-4,9-10H2,1-2H3,(H,24,25,27)/b20-12-. The highest BCUT2D eigenvalue weighted by molar-refractivity contribution is 9.10. The Labute approximate surface area is 188 Å². The Morgan fingerprint density at radius 1 is 1.10 bits per heavy atom. The lowest BCUT2D eigenvalue weighted by Crippen LogP contribution is -2.19. The summed E-state index contributed by atoms with van der Waals surface area (Å²) in [7, 11) is 3.30. The number of aliphatic imine (C=N–C) groups is 1. The summed E-state index contributed by atoms with van der Waals surface area (Å²) in [6.07, 6.45) is 4.17. The number of hydrogen-bond donors (Lipinski definition) is 1. The third-order valence-corrected chi connectivity index (χ3v) is 6.41. The van der Waals surface area contributed by atoms with Crippen molar-refractivity contribution in [2.45, 2.75) is 12.8 Å². The van der Waals surface area contributed by atoms with Gasteiger partial charge in [-0.1, -0.05) is 15.9 Å². The molecule has 4 rings (SSSR count). The van der Waals surface area contributed by atoms with E-state index >= 15 is 0 Å². The minimum Gasteiger partial charge on any atom is -0.496 e. The van der Waals surface area contributed by atoms with Crippen LogP contribution in [0.4, 0.5) is 11.4 Å². The van der Waals surface area contributed by atoms with E-state index in [4.69, 9.17) is 9.47 Å². The average Bonchev–Trinajstić information content (AvgIpc) is 3.40. The molecule has 2 saturated heterocycles. The summed E-state index contributed by atoms with van der Waals surface area (Å²) < 4.78 is 12.2. The molecule has 0 atom stereocenters. The molecule has 0 aliphatic carbocycles. The van der Waals surface area contributed by atoms with E-state index in [1.165, 1.54) is 24.6 Å². The number of methoxy groups -OCH3 is 2. The molecular weight excluding hydrogens is 466 g/mol. The van der Waals surface area contributed by atoms with Gasteiger partial charge < -0.3 is 19.7 Å². The quantitative estimate of drug-likeness (QED) is 0.603. The number of rotatable bonds is 5. The highest BCUT2D eigenvalue weighted by Crippen LogP contribution is 2.39. The summed E-state index contributed by atoms with van der Waals surface area (Å²) in [5.41, 5.74) is 2.59. The summed E-state index contributed by atoms with van der Waals surface area (Å²) in [6, 6.07) is 11.5. The molecule has 0 unspecified atom stereocenters. The molecular formula is C22H22BrN3O3S.